The van der Waals surface area contributed by atoms with E-state index in [0.717, 1.165) is 141 Å². The van der Waals surface area contributed by atoms with Crippen LogP contribution in [0, 0.1) is 0 Å². The molecule has 0 rings (SSSR count). The van der Waals surface area contributed by atoms with Crippen molar-refractivity contribution in [1.29, 1.82) is 0 Å². The van der Waals surface area contributed by atoms with Gasteiger partial charge in [0, 0.05) is 19.4 Å². The summed E-state index contributed by atoms with van der Waals surface area (Å²) in [5, 5.41) is 0. The largest absolute Gasteiger partial charge is 0.472 e. The molecule has 0 saturated heterocycles. The number of carbonyl (C=O) groups is 2. The second-order valence-corrected chi connectivity index (χ2v) is 23.0. The zero-order chi connectivity index (χ0) is 64.4. The summed E-state index contributed by atoms with van der Waals surface area (Å²) in [6, 6.07) is 0. The Bertz CT molecular complexity index is 2260. The monoisotopic (exact) mass is 1240 g/mol. The summed E-state index contributed by atoms with van der Waals surface area (Å²) in [5.74, 6) is -0.918. The number of carbonyl (C=O) groups excluding carboxylic acids is 2. The lowest BCUT2D eigenvalue weighted by atomic mass is 10.0. The molecule has 0 fully saturated rings. The predicted octanol–water partition coefficient (Wildman–Crippen LogP) is 22.8. The van der Waals surface area contributed by atoms with E-state index >= 15 is 0 Å². The third-order valence-corrected chi connectivity index (χ3v) is 14.3. The lowest BCUT2D eigenvalue weighted by Crippen LogP contribution is -2.29. The molecule has 3 N–H and O–H groups in total. The van der Waals surface area contributed by atoms with E-state index in [1.54, 1.807) is 0 Å². The fraction of sp³-hybridized carbons (Fsp3) is 0.519. The van der Waals surface area contributed by atoms with Crippen LogP contribution < -0.4 is 5.73 Å². The third-order valence-electron chi connectivity index (χ3n) is 13.4. The van der Waals surface area contributed by atoms with Gasteiger partial charge >= 0.3 is 19.8 Å². The van der Waals surface area contributed by atoms with E-state index in [2.05, 4.69) is 227 Å². The zero-order valence-electron chi connectivity index (χ0n) is 55.6. The van der Waals surface area contributed by atoms with Crippen LogP contribution >= 0.6 is 7.82 Å². The Hall–Kier alpha value is -5.67. The van der Waals surface area contributed by atoms with Gasteiger partial charge in [0.25, 0.3) is 0 Å². The normalized spacial score (nSPS) is 14.3. The molecule has 0 aromatic rings. The van der Waals surface area contributed by atoms with Crippen molar-refractivity contribution >= 4 is 19.8 Å². The lowest BCUT2D eigenvalue weighted by Gasteiger charge is -2.19. The smallest absolute Gasteiger partial charge is 0.462 e. The summed E-state index contributed by atoms with van der Waals surface area (Å²) in [6.45, 7) is 3.42. The first-order valence-electron chi connectivity index (χ1n) is 34.2. The van der Waals surface area contributed by atoms with E-state index < -0.39 is 32.5 Å². The highest BCUT2D eigenvalue weighted by Gasteiger charge is 2.26. The molecule has 0 radical (unpaired) electrons. The van der Waals surface area contributed by atoms with Crippen molar-refractivity contribution in [3.05, 3.63) is 219 Å². The molecule has 2 unspecified atom stereocenters. The zero-order valence-corrected chi connectivity index (χ0v) is 56.5. The van der Waals surface area contributed by atoms with Crippen LogP contribution in [-0.4, -0.2) is 49.3 Å². The van der Waals surface area contributed by atoms with Gasteiger partial charge in [0.05, 0.1) is 13.2 Å². The van der Waals surface area contributed by atoms with E-state index in [-0.39, 0.29) is 32.6 Å². The van der Waals surface area contributed by atoms with Gasteiger partial charge in [-0.3, -0.25) is 18.6 Å². The van der Waals surface area contributed by atoms with Crippen LogP contribution in [-0.2, 0) is 32.7 Å². The highest BCUT2D eigenvalue weighted by molar-refractivity contribution is 7.47. The van der Waals surface area contributed by atoms with Gasteiger partial charge in [0.15, 0.2) is 6.10 Å². The average Bonchev–Trinajstić information content (AvgIpc) is 3.68. The van der Waals surface area contributed by atoms with E-state index in [9.17, 15) is 19.0 Å². The number of unbranched alkanes of at least 4 members (excludes halogenated alkanes) is 12. The minimum Gasteiger partial charge on any atom is -0.462 e. The van der Waals surface area contributed by atoms with Gasteiger partial charge in [-0.15, -0.1) is 0 Å². The summed E-state index contributed by atoms with van der Waals surface area (Å²) >= 11 is 0. The van der Waals surface area contributed by atoms with Crippen molar-refractivity contribution < 1.29 is 37.6 Å². The first kappa shape index (κ1) is 83.3. The number of hydrogen-bond acceptors (Lipinski definition) is 8. The molecule has 0 spiro atoms. The van der Waals surface area contributed by atoms with Gasteiger partial charge in [-0.25, -0.2) is 4.57 Å². The van der Waals surface area contributed by atoms with Crippen molar-refractivity contribution in [2.75, 3.05) is 26.4 Å². The van der Waals surface area contributed by atoms with Crippen LogP contribution in [0.5, 0.6) is 0 Å². The highest BCUT2D eigenvalue weighted by Crippen LogP contribution is 2.43. The number of phosphoric acid groups is 1. The van der Waals surface area contributed by atoms with Crippen molar-refractivity contribution in [1.82, 2.24) is 0 Å². The SMILES string of the molecule is CC/C=C\C/C=C\C/C=C\C/C=C\C/C=C\C/C=C\C/C=C\C/C=C\C/C=C\CCCCCCCCCCCCCC(=O)OC(COC(=O)CCC/C=C\C/C=C\C/C=C\C/C=C\C/C=C\C/C=C\C/C=C\C/C=C\C/C=C\CC)COP(=O)(O)OCCN. The fourth-order valence-electron chi connectivity index (χ4n) is 8.39. The van der Waals surface area contributed by atoms with Crippen molar-refractivity contribution in [2.24, 2.45) is 5.73 Å². The highest BCUT2D eigenvalue weighted by atomic mass is 31.2. The van der Waals surface area contributed by atoms with Crippen LogP contribution in [0.3, 0.4) is 0 Å². The molecule has 10 heteroatoms. The van der Waals surface area contributed by atoms with Crippen LogP contribution in [0.1, 0.15) is 232 Å². The molecule has 89 heavy (non-hydrogen) atoms. The Balaban J connectivity index is 4.07. The maximum atomic E-state index is 12.8. The topological polar surface area (TPSA) is 134 Å². The van der Waals surface area contributed by atoms with Gasteiger partial charge in [-0.1, -0.05) is 290 Å². The maximum absolute atomic E-state index is 12.8. The first-order valence-corrected chi connectivity index (χ1v) is 35.7. The Morgan fingerprint density at radius 1 is 0.337 bits per heavy atom. The Kier molecular flexibility index (Phi) is 66.9. The van der Waals surface area contributed by atoms with Crippen molar-refractivity contribution in [3.8, 4) is 0 Å². The maximum Gasteiger partial charge on any atom is 0.472 e. The molecular weight excluding hydrogens is 1120 g/mol. The number of ether oxygens (including phenoxy) is 2. The first-order chi connectivity index (χ1) is 43.8. The molecule has 0 aliphatic carbocycles. The minimum atomic E-state index is -4.42. The molecule has 0 saturated carbocycles. The molecule has 9 nitrogen and oxygen atoms in total. The molecule has 496 valence electrons. The number of phosphoric ester groups is 1. The predicted molar refractivity (Wildman–Crippen MR) is 384 cm³/mol. The summed E-state index contributed by atoms with van der Waals surface area (Å²) in [6.07, 6.45) is 112. The lowest BCUT2D eigenvalue weighted by molar-refractivity contribution is -0.161. The Labute approximate surface area is 543 Å². The van der Waals surface area contributed by atoms with Gasteiger partial charge in [0.1, 0.15) is 6.61 Å². The third kappa shape index (κ3) is 71.3. The van der Waals surface area contributed by atoms with E-state index in [1.165, 1.54) is 44.9 Å². The molecule has 0 aliphatic rings. The van der Waals surface area contributed by atoms with E-state index in [1.807, 2.05) is 6.08 Å². The molecular formula is C79H122NO8P. The van der Waals surface area contributed by atoms with Gasteiger partial charge in [0.2, 0.25) is 0 Å². The fourth-order valence-corrected chi connectivity index (χ4v) is 9.16. The van der Waals surface area contributed by atoms with Gasteiger partial charge < -0.3 is 20.1 Å². The summed E-state index contributed by atoms with van der Waals surface area (Å²) in [5.41, 5.74) is 5.39. The minimum absolute atomic E-state index is 0.0334. The number of hydrogen-bond donors (Lipinski definition) is 2. The average molecular weight is 1240 g/mol. The van der Waals surface area contributed by atoms with Crippen LogP contribution in [0.25, 0.3) is 0 Å². The van der Waals surface area contributed by atoms with Crippen LogP contribution in [0.2, 0.25) is 0 Å². The second-order valence-electron chi connectivity index (χ2n) is 21.6. The Morgan fingerprint density at radius 2 is 0.596 bits per heavy atom. The Morgan fingerprint density at radius 3 is 0.899 bits per heavy atom. The number of nitrogens with two attached hydrogens (primary N) is 1. The number of allylic oxidation sites excluding steroid dienone is 36. The molecule has 0 aliphatic heterocycles. The molecule has 0 aromatic carbocycles. The number of esters is 2. The second kappa shape index (κ2) is 71.4. The summed E-state index contributed by atoms with van der Waals surface area (Å²) in [4.78, 5) is 35.3. The van der Waals surface area contributed by atoms with Crippen LogP contribution in [0.15, 0.2) is 219 Å². The summed E-state index contributed by atoms with van der Waals surface area (Å²) < 4.78 is 33.1. The standard InChI is InChI=1S/C79H122NO8P/c1-3-5-7-9-11-13-15-17-19-21-23-25-27-29-31-33-34-35-36-37-38-39-40-41-42-44-46-48-50-52-54-56-58-60-62-64-66-68-70-72-79(82)88-77(76-87-89(83,84)86-74-73-80)75-85-78(81)71-69-67-65-63-61-59-57-55-53-51-49-47-45-43-32-30-28-26-24-22-20-18-16-14-12-10-8-6-4-2/h5-8,11-14,17-20,23-26,29-32,34-35,37-38,40-41,44-47,51,53,57,59,63,65,77H,3-4,9-10,15-16,21-22,27-28,33,36,39,42-43,48-50,52,54-56,58,60-62,64,66-76,80H2,1-2H3,(H,83,84)/b7-5-,8-6-,13-11-,14-12-,19-17-,20-18-,25-23-,26-24-,31-29-,32-30-,35-34-,38-37-,41-40-,46-44-,47-45-,53-51-,59-57-,65-63-. The van der Waals surface area contributed by atoms with Gasteiger partial charge in [-0.05, 0) is 148 Å². The van der Waals surface area contributed by atoms with Crippen molar-refractivity contribution in [3.63, 3.8) is 0 Å². The molecule has 0 aromatic heterocycles. The van der Waals surface area contributed by atoms with Crippen LogP contribution in [0.4, 0.5) is 0 Å². The van der Waals surface area contributed by atoms with Crippen molar-refractivity contribution in [2.45, 2.75) is 238 Å². The summed E-state index contributed by atoms with van der Waals surface area (Å²) in [7, 11) is -4.42. The van der Waals surface area contributed by atoms with E-state index in [0.29, 0.717) is 19.3 Å². The molecule has 0 bridgehead atoms. The van der Waals surface area contributed by atoms with Gasteiger partial charge in [-0.2, -0.15) is 0 Å². The molecule has 2 atom stereocenters. The molecule has 0 heterocycles. The molecule has 0 amide bonds. The quantitative estimate of drug-likeness (QED) is 0.0264. The number of rotatable bonds is 61. The van der Waals surface area contributed by atoms with E-state index in [4.69, 9.17) is 24.3 Å².